The van der Waals surface area contributed by atoms with Gasteiger partial charge in [0.1, 0.15) is 5.69 Å². The van der Waals surface area contributed by atoms with Gasteiger partial charge in [0.2, 0.25) is 0 Å². The molecule has 2 aromatic rings. The van der Waals surface area contributed by atoms with E-state index in [-0.39, 0.29) is 0 Å². The minimum absolute atomic E-state index is 0.350. The Balaban J connectivity index is 1.93. The summed E-state index contributed by atoms with van der Waals surface area (Å²) in [6, 6.07) is 12.2. The van der Waals surface area contributed by atoms with Gasteiger partial charge in [-0.3, -0.25) is 4.99 Å². The molecular formula is C17H24N4O. The maximum absolute atomic E-state index is 5.39. The van der Waals surface area contributed by atoms with Crippen LogP contribution in [0, 0.1) is 5.92 Å². The SMILES string of the molecule is CN=C(NCc1cc(-c2ccccc2)on1)NC(C)C(C)C. The molecule has 1 heterocycles. The van der Waals surface area contributed by atoms with Gasteiger partial charge in [-0.2, -0.15) is 0 Å². The lowest BCUT2D eigenvalue weighted by Crippen LogP contribution is -2.43. The van der Waals surface area contributed by atoms with E-state index in [1.165, 1.54) is 0 Å². The predicted octanol–water partition coefficient (Wildman–Crippen LogP) is 3.05. The summed E-state index contributed by atoms with van der Waals surface area (Å²) in [5.74, 6) is 2.08. The number of guanidine groups is 1. The molecule has 1 aromatic carbocycles. The topological polar surface area (TPSA) is 62.5 Å². The molecule has 5 heteroatoms. The number of rotatable bonds is 5. The van der Waals surface area contributed by atoms with Gasteiger partial charge in [0.05, 0.1) is 6.54 Å². The van der Waals surface area contributed by atoms with Crippen LogP contribution in [0.5, 0.6) is 0 Å². The van der Waals surface area contributed by atoms with E-state index in [0.717, 1.165) is 23.0 Å². The van der Waals surface area contributed by atoms with Crippen LogP contribution >= 0.6 is 0 Å². The summed E-state index contributed by atoms with van der Waals surface area (Å²) in [6.07, 6.45) is 0. The molecule has 22 heavy (non-hydrogen) atoms. The van der Waals surface area contributed by atoms with Crippen LogP contribution in [0.3, 0.4) is 0 Å². The zero-order valence-electron chi connectivity index (χ0n) is 13.6. The van der Waals surface area contributed by atoms with Gasteiger partial charge in [0.25, 0.3) is 0 Å². The molecular weight excluding hydrogens is 276 g/mol. The highest BCUT2D eigenvalue weighted by molar-refractivity contribution is 5.79. The molecule has 0 radical (unpaired) electrons. The Labute approximate surface area is 131 Å². The minimum atomic E-state index is 0.350. The zero-order valence-corrected chi connectivity index (χ0v) is 13.6. The number of hydrogen-bond donors (Lipinski definition) is 2. The summed E-state index contributed by atoms with van der Waals surface area (Å²) in [7, 11) is 1.76. The first-order valence-electron chi connectivity index (χ1n) is 7.58. The summed E-state index contributed by atoms with van der Waals surface area (Å²) in [5, 5.41) is 10.7. The maximum atomic E-state index is 5.39. The van der Waals surface area contributed by atoms with Crippen LogP contribution in [0.2, 0.25) is 0 Å². The summed E-state index contributed by atoms with van der Waals surface area (Å²) < 4.78 is 5.39. The predicted molar refractivity (Wildman–Crippen MR) is 89.6 cm³/mol. The first-order chi connectivity index (χ1) is 10.6. The molecule has 0 saturated carbocycles. The Hall–Kier alpha value is -2.30. The van der Waals surface area contributed by atoms with Crippen molar-refractivity contribution in [1.29, 1.82) is 0 Å². The molecule has 1 aromatic heterocycles. The Kier molecular flexibility index (Phi) is 5.58. The first kappa shape index (κ1) is 16.1. The van der Waals surface area contributed by atoms with Crippen molar-refractivity contribution in [3.63, 3.8) is 0 Å². The molecule has 0 fully saturated rings. The standard InChI is InChI=1S/C17H24N4O/c1-12(2)13(3)20-17(18-4)19-11-15-10-16(22-21-15)14-8-6-5-7-9-14/h5-10,12-13H,11H2,1-4H3,(H2,18,19,20). The van der Waals surface area contributed by atoms with Crippen molar-refractivity contribution in [1.82, 2.24) is 15.8 Å². The van der Waals surface area contributed by atoms with Crippen LogP contribution in [0.25, 0.3) is 11.3 Å². The fourth-order valence-electron chi connectivity index (χ4n) is 1.88. The van der Waals surface area contributed by atoms with Crippen molar-refractivity contribution in [2.45, 2.75) is 33.4 Å². The Morgan fingerprint density at radius 1 is 1.23 bits per heavy atom. The third kappa shape index (κ3) is 4.35. The highest BCUT2D eigenvalue weighted by Crippen LogP contribution is 2.19. The van der Waals surface area contributed by atoms with Gasteiger partial charge < -0.3 is 15.2 Å². The molecule has 0 aliphatic rings. The third-order valence-electron chi connectivity index (χ3n) is 3.64. The summed E-state index contributed by atoms with van der Waals surface area (Å²) in [4.78, 5) is 4.23. The molecule has 5 nitrogen and oxygen atoms in total. The Bertz CT molecular complexity index is 604. The van der Waals surface area contributed by atoms with E-state index in [2.05, 4.69) is 41.6 Å². The lowest BCUT2D eigenvalue weighted by molar-refractivity contribution is 0.422. The second-order valence-electron chi connectivity index (χ2n) is 5.65. The number of aliphatic imine (C=N–C) groups is 1. The molecule has 118 valence electrons. The fraction of sp³-hybridized carbons (Fsp3) is 0.412. The third-order valence-corrected chi connectivity index (χ3v) is 3.64. The number of benzene rings is 1. The normalized spacial score (nSPS) is 13.2. The Morgan fingerprint density at radius 2 is 1.95 bits per heavy atom. The number of hydrogen-bond acceptors (Lipinski definition) is 3. The van der Waals surface area contributed by atoms with Crippen LogP contribution in [0.1, 0.15) is 26.5 Å². The molecule has 0 aliphatic heterocycles. The van der Waals surface area contributed by atoms with Crippen molar-refractivity contribution in [3.8, 4) is 11.3 Å². The van der Waals surface area contributed by atoms with Crippen LogP contribution in [0.15, 0.2) is 45.9 Å². The van der Waals surface area contributed by atoms with Crippen molar-refractivity contribution in [3.05, 3.63) is 42.1 Å². The van der Waals surface area contributed by atoms with E-state index in [1.807, 2.05) is 36.4 Å². The largest absolute Gasteiger partial charge is 0.356 e. The van der Waals surface area contributed by atoms with Gasteiger partial charge in [0.15, 0.2) is 11.7 Å². The molecule has 0 saturated heterocycles. The number of aromatic nitrogens is 1. The highest BCUT2D eigenvalue weighted by atomic mass is 16.5. The second kappa shape index (κ2) is 7.64. The van der Waals surface area contributed by atoms with E-state index in [4.69, 9.17) is 4.52 Å². The number of nitrogens with zero attached hydrogens (tertiary/aromatic N) is 2. The maximum Gasteiger partial charge on any atom is 0.191 e. The Morgan fingerprint density at radius 3 is 2.59 bits per heavy atom. The second-order valence-corrected chi connectivity index (χ2v) is 5.65. The van der Waals surface area contributed by atoms with E-state index < -0.39 is 0 Å². The molecule has 0 amide bonds. The van der Waals surface area contributed by atoms with Gasteiger partial charge in [-0.25, -0.2) is 0 Å². The molecule has 0 aliphatic carbocycles. The molecule has 2 N–H and O–H groups in total. The van der Waals surface area contributed by atoms with Gasteiger partial charge in [0, 0.05) is 24.7 Å². The van der Waals surface area contributed by atoms with Crippen molar-refractivity contribution < 1.29 is 4.52 Å². The summed E-state index contributed by atoms with van der Waals surface area (Å²) in [6.45, 7) is 7.06. The van der Waals surface area contributed by atoms with E-state index in [0.29, 0.717) is 18.5 Å². The average Bonchev–Trinajstić information content (AvgIpc) is 3.00. The molecule has 1 atom stereocenters. The first-order valence-corrected chi connectivity index (χ1v) is 7.58. The molecule has 1 unspecified atom stereocenters. The average molecular weight is 300 g/mol. The van der Waals surface area contributed by atoms with Crippen molar-refractivity contribution in [2.24, 2.45) is 10.9 Å². The van der Waals surface area contributed by atoms with Crippen LogP contribution in [-0.4, -0.2) is 24.2 Å². The summed E-state index contributed by atoms with van der Waals surface area (Å²) in [5.41, 5.74) is 1.87. The highest BCUT2D eigenvalue weighted by Gasteiger charge is 2.10. The van der Waals surface area contributed by atoms with Crippen LogP contribution in [-0.2, 0) is 6.54 Å². The van der Waals surface area contributed by atoms with E-state index in [9.17, 15) is 0 Å². The lowest BCUT2D eigenvalue weighted by atomic mass is 10.1. The van der Waals surface area contributed by atoms with E-state index in [1.54, 1.807) is 7.05 Å². The van der Waals surface area contributed by atoms with Gasteiger partial charge in [-0.1, -0.05) is 49.3 Å². The van der Waals surface area contributed by atoms with Crippen molar-refractivity contribution >= 4 is 5.96 Å². The van der Waals surface area contributed by atoms with Gasteiger partial charge in [-0.05, 0) is 12.8 Å². The fourth-order valence-corrected chi connectivity index (χ4v) is 1.88. The molecule has 0 spiro atoms. The smallest absolute Gasteiger partial charge is 0.191 e. The zero-order chi connectivity index (χ0) is 15.9. The molecule has 0 bridgehead atoms. The van der Waals surface area contributed by atoms with Crippen LogP contribution < -0.4 is 10.6 Å². The van der Waals surface area contributed by atoms with E-state index >= 15 is 0 Å². The monoisotopic (exact) mass is 300 g/mol. The van der Waals surface area contributed by atoms with Gasteiger partial charge in [-0.15, -0.1) is 0 Å². The van der Waals surface area contributed by atoms with Crippen molar-refractivity contribution in [2.75, 3.05) is 7.05 Å². The van der Waals surface area contributed by atoms with Gasteiger partial charge >= 0.3 is 0 Å². The summed E-state index contributed by atoms with van der Waals surface area (Å²) >= 11 is 0. The lowest BCUT2D eigenvalue weighted by Gasteiger charge is -2.20. The van der Waals surface area contributed by atoms with Crippen LogP contribution in [0.4, 0.5) is 0 Å². The number of nitrogens with one attached hydrogen (secondary N) is 2. The minimum Gasteiger partial charge on any atom is -0.356 e. The quantitative estimate of drug-likeness (QED) is 0.658. The molecule has 2 rings (SSSR count).